The minimum atomic E-state index is -0.391. The number of nitrogens with zero attached hydrogens (tertiary/aromatic N) is 1. The number of ether oxygens (including phenoxy) is 1. The van der Waals surface area contributed by atoms with Crippen LogP contribution in [-0.4, -0.2) is 17.0 Å². The summed E-state index contributed by atoms with van der Waals surface area (Å²) in [5.74, 6) is -0.471. The van der Waals surface area contributed by atoms with Crippen LogP contribution >= 0.6 is 0 Å². The zero-order chi connectivity index (χ0) is 20.6. The van der Waals surface area contributed by atoms with Crippen molar-refractivity contribution in [3.05, 3.63) is 99.7 Å². The van der Waals surface area contributed by atoms with Crippen molar-refractivity contribution in [3.8, 4) is 5.75 Å². The highest BCUT2D eigenvalue weighted by Crippen LogP contribution is 2.12. The van der Waals surface area contributed by atoms with Gasteiger partial charge >= 0.3 is 0 Å². The van der Waals surface area contributed by atoms with Gasteiger partial charge in [-0.1, -0.05) is 48.5 Å². The van der Waals surface area contributed by atoms with Crippen molar-refractivity contribution >= 4 is 5.91 Å². The first-order chi connectivity index (χ1) is 14.0. The summed E-state index contributed by atoms with van der Waals surface area (Å²) < 4.78 is 20.9. The zero-order valence-electron chi connectivity index (χ0n) is 16.2. The van der Waals surface area contributed by atoms with E-state index in [-0.39, 0.29) is 30.2 Å². The second kappa shape index (κ2) is 9.68. The van der Waals surface area contributed by atoms with Crippen LogP contribution in [0, 0.1) is 12.7 Å². The summed E-state index contributed by atoms with van der Waals surface area (Å²) in [5.41, 5.74) is 1.85. The maximum atomic E-state index is 13.7. The number of aryl methyl sites for hydroxylation is 1. The highest BCUT2D eigenvalue weighted by atomic mass is 19.1. The summed E-state index contributed by atoms with van der Waals surface area (Å²) in [6, 6.07) is 17.5. The van der Waals surface area contributed by atoms with Gasteiger partial charge in [0, 0.05) is 23.9 Å². The molecule has 1 amide bonds. The molecule has 2 aromatic carbocycles. The normalized spacial score (nSPS) is 10.6. The van der Waals surface area contributed by atoms with Crippen LogP contribution in [0.1, 0.15) is 16.8 Å². The van der Waals surface area contributed by atoms with Crippen LogP contribution in [0.15, 0.2) is 71.7 Å². The van der Waals surface area contributed by atoms with Gasteiger partial charge in [-0.2, -0.15) is 0 Å². The van der Waals surface area contributed by atoms with Crippen molar-refractivity contribution in [2.24, 2.45) is 0 Å². The quantitative estimate of drug-likeness (QED) is 0.638. The molecule has 0 aliphatic heterocycles. The number of hydrogen-bond donors (Lipinski definition) is 1. The molecular formula is C23H23FN2O3. The lowest BCUT2D eigenvalue weighted by molar-refractivity contribution is -0.121. The molecule has 3 rings (SSSR count). The number of pyridine rings is 1. The second-order valence-corrected chi connectivity index (χ2v) is 6.74. The Morgan fingerprint density at radius 3 is 2.59 bits per heavy atom. The number of hydrogen-bond acceptors (Lipinski definition) is 3. The lowest BCUT2D eigenvalue weighted by Gasteiger charge is -2.14. The molecule has 1 N–H and O–H groups in total. The number of carbonyl (C=O) groups excluding carboxylic acids is 1. The molecule has 0 fully saturated rings. The third kappa shape index (κ3) is 5.78. The summed E-state index contributed by atoms with van der Waals surface area (Å²) >= 11 is 0. The maximum absolute atomic E-state index is 13.7. The van der Waals surface area contributed by atoms with E-state index in [1.165, 1.54) is 18.3 Å². The molecule has 0 saturated heterocycles. The third-order valence-corrected chi connectivity index (χ3v) is 4.54. The Morgan fingerprint density at radius 1 is 1.10 bits per heavy atom. The van der Waals surface area contributed by atoms with E-state index >= 15 is 0 Å². The first kappa shape index (κ1) is 20.3. The summed E-state index contributed by atoms with van der Waals surface area (Å²) in [6.07, 6.45) is 2.24. The van der Waals surface area contributed by atoms with Crippen molar-refractivity contribution in [2.45, 2.75) is 26.5 Å². The van der Waals surface area contributed by atoms with Gasteiger partial charge in [0.15, 0.2) is 5.75 Å². The van der Waals surface area contributed by atoms with Crippen LogP contribution in [0.4, 0.5) is 4.39 Å². The van der Waals surface area contributed by atoms with Gasteiger partial charge in [0.25, 0.3) is 0 Å². The van der Waals surface area contributed by atoms with E-state index in [4.69, 9.17) is 4.74 Å². The van der Waals surface area contributed by atoms with Crippen molar-refractivity contribution < 1.29 is 13.9 Å². The molecule has 0 bridgehead atoms. The molecule has 3 aromatic rings. The van der Waals surface area contributed by atoms with E-state index in [2.05, 4.69) is 5.32 Å². The van der Waals surface area contributed by atoms with Crippen LogP contribution in [0.3, 0.4) is 0 Å². The van der Waals surface area contributed by atoms with Crippen LogP contribution in [0.25, 0.3) is 0 Å². The molecular weight excluding hydrogens is 371 g/mol. The van der Waals surface area contributed by atoms with E-state index in [1.54, 1.807) is 29.7 Å². The standard InChI is InChI=1S/C23H23FN2O3/c1-17-13-21(27)22(29-16-19-9-5-6-10-20(19)24)14-26(17)15-23(28)25-12-11-18-7-3-2-4-8-18/h2-10,13-14H,11-12,15-16H2,1H3,(H,25,28). The average molecular weight is 394 g/mol. The molecule has 0 saturated carbocycles. The molecule has 5 nitrogen and oxygen atoms in total. The van der Waals surface area contributed by atoms with Crippen LogP contribution in [0.5, 0.6) is 5.75 Å². The minimum absolute atomic E-state index is 0.0613. The molecule has 0 atom stereocenters. The molecule has 150 valence electrons. The lowest BCUT2D eigenvalue weighted by Crippen LogP contribution is -2.30. The van der Waals surface area contributed by atoms with E-state index < -0.39 is 5.82 Å². The molecule has 6 heteroatoms. The number of nitrogens with one attached hydrogen (secondary N) is 1. The molecule has 0 aliphatic carbocycles. The van der Waals surface area contributed by atoms with Gasteiger partial charge in [-0.3, -0.25) is 9.59 Å². The van der Waals surface area contributed by atoms with Gasteiger partial charge in [0.2, 0.25) is 11.3 Å². The number of rotatable bonds is 8. The third-order valence-electron chi connectivity index (χ3n) is 4.54. The Bertz CT molecular complexity index is 1030. The van der Waals surface area contributed by atoms with Crippen LogP contribution in [0.2, 0.25) is 0 Å². The number of carbonyl (C=O) groups is 1. The largest absolute Gasteiger partial charge is 0.483 e. The van der Waals surface area contributed by atoms with Gasteiger partial charge in [0.1, 0.15) is 19.0 Å². The Morgan fingerprint density at radius 2 is 1.83 bits per heavy atom. The molecule has 1 heterocycles. The summed E-state index contributed by atoms with van der Waals surface area (Å²) in [7, 11) is 0. The fourth-order valence-electron chi connectivity index (χ4n) is 2.90. The Hall–Kier alpha value is -3.41. The zero-order valence-corrected chi connectivity index (χ0v) is 16.2. The van der Waals surface area contributed by atoms with Crippen molar-refractivity contribution in [1.82, 2.24) is 9.88 Å². The Kier molecular flexibility index (Phi) is 6.79. The predicted molar refractivity (Wildman–Crippen MR) is 109 cm³/mol. The van der Waals surface area contributed by atoms with Gasteiger partial charge in [-0.15, -0.1) is 0 Å². The highest BCUT2D eigenvalue weighted by Gasteiger charge is 2.10. The number of amides is 1. The number of aromatic nitrogens is 1. The van der Waals surface area contributed by atoms with E-state index in [0.717, 1.165) is 12.0 Å². The van der Waals surface area contributed by atoms with Gasteiger partial charge < -0.3 is 14.6 Å². The van der Waals surface area contributed by atoms with Gasteiger partial charge in [-0.25, -0.2) is 4.39 Å². The lowest BCUT2D eigenvalue weighted by atomic mass is 10.1. The minimum Gasteiger partial charge on any atom is -0.483 e. The highest BCUT2D eigenvalue weighted by molar-refractivity contribution is 5.75. The summed E-state index contributed by atoms with van der Waals surface area (Å²) in [6.45, 7) is 2.28. The monoisotopic (exact) mass is 394 g/mol. The number of benzene rings is 2. The average Bonchev–Trinajstić information content (AvgIpc) is 2.71. The fraction of sp³-hybridized carbons (Fsp3) is 0.217. The maximum Gasteiger partial charge on any atom is 0.239 e. The van der Waals surface area contributed by atoms with Crippen molar-refractivity contribution in [1.29, 1.82) is 0 Å². The predicted octanol–water partition coefficient (Wildman–Crippen LogP) is 3.23. The topological polar surface area (TPSA) is 60.3 Å². The number of halogens is 1. The van der Waals surface area contributed by atoms with Gasteiger partial charge in [0.05, 0.1) is 6.20 Å². The molecule has 0 spiro atoms. The first-order valence-electron chi connectivity index (χ1n) is 9.41. The molecule has 1 aromatic heterocycles. The van der Waals surface area contributed by atoms with Gasteiger partial charge in [-0.05, 0) is 25.0 Å². The second-order valence-electron chi connectivity index (χ2n) is 6.74. The van der Waals surface area contributed by atoms with Crippen LogP contribution < -0.4 is 15.5 Å². The Balaban J connectivity index is 1.60. The first-order valence-corrected chi connectivity index (χ1v) is 9.41. The van der Waals surface area contributed by atoms with Crippen LogP contribution in [-0.2, 0) is 24.4 Å². The molecule has 0 radical (unpaired) electrons. The van der Waals surface area contributed by atoms with Crippen molar-refractivity contribution in [2.75, 3.05) is 6.54 Å². The molecule has 29 heavy (non-hydrogen) atoms. The Labute approximate surface area is 168 Å². The van der Waals surface area contributed by atoms with Crippen molar-refractivity contribution in [3.63, 3.8) is 0 Å². The van der Waals surface area contributed by atoms with E-state index in [1.807, 2.05) is 30.3 Å². The fourth-order valence-corrected chi connectivity index (χ4v) is 2.90. The summed E-state index contributed by atoms with van der Waals surface area (Å²) in [5, 5.41) is 2.88. The molecule has 0 unspecified atom stereocenters. The molecule has 0 aliphatic rings. The van der Waals surface area contributed by atoms with E-state index in [0.29, 0.717) is 17.8 Å². The smallest absolute Gasteiger partial charge is 0.239 e. The summed E-state index contributed by atoms with van der Waals surface area (Å²) in [4.78, 5) is 24.5. The van der Waals surface area contributed by atoms with E-state index in [9.17, 15) is 14.0 Å². The SMILES string of the molecule is Cc1cc(=O)c(OCc2ccccc2F)cn1CC(=O)NCCc1ccccc1.